The molecule has 0 unspecified atom stereocenters. The highest BCUT2D eigenvalue weighted by molar-refractivity contribution is 5.84. The second-order valence-electron chi connectivity index (χ2n) is 15.2. The standard InChI is InChI=1S/C46H51FN8O2/c1-6-26-54(45(56)43(53(4)5)36-15-10-11-16-37(36)47)30-41-48-28-38(50-41)33-22-18-31(19-23-33)32-20-24-34(25-21-32)39-29-49-44(51-39)40-17-12-27-55(40)46(57)42(52(2)3)35-13-8-7-9-14-35/h7-11,13-16,18-25,28-29,40,42-43H,6,12,17,26-27,30H2,1-5H3,(H,48,50)(H,49,51)/t40-,42+,43+/m0/s1. The van der Waals surface area contributed by atoms with Crippen LogP contribution in [-0.4, -0.2) is 92.6 Å². The van der Waals surface area contributed by atoms with Crippen molar-refractivity contribution in [2.75, 3.05) is 41.3 Å². The van der Waals surface area contributed by atoms with E-state index in [9.17, 15) is 14.0 Å². The minimum absolute atomic E-state index is 0.0942. The number of aromatic amines is 2. The molecule has 10 nitrogen and oxygen atoms in total. The first-order valence-corrected chi connectivity index (χ1v) is 19.6. The lowest BCUT2D eigenvalue weighted by Crippen LogP contribution is -2.41. The lowest BCUT2D eigenvalue weighted by atomic mass is 10.0. The first kappa shape index (κ1) is 39.3. The Bertz CT molecular complexity index is 2270. The Morgan fingerprint density at radius 2 is 1.33 bits per heavy atom. The van der Waals surface area contributed by atoms with Gasteiger partial charge in [0.1, 0.15) is 29.5 Å². The van der Waals surface area contributed by atoms with Gasteiger partial charge >= 0.3 is 0 Å². The highest BCUT2D eigenvalue weighted by Gasteiger charge is 2.37. The molecule has 2 amide bonds. The lowest BCUT2D eigenvalue weighted by Gasteiger charge is -2.31. The number of rotatable bonds is 14. The van der Waals surface area contributed by atoms with Crippen molar-refractivity contribution in [3.05, 3.63) is 144 Å². The predicted octanol–water partition coefficient (Wildman–Crippen LogP) is 8.28. The number of likely N-dealkylation sites (tertiary alicyclic amines) is 1. The van der Waals surface area contributed by atoms with E-state index in [1.165, 1.54) is 6.07 Å². The molecule has 1 aliphatic heterocycles. The molecule has 7 rings (SSSR count). The van der Waals surface area contributed by atoms with Crippen LogP contribution in [0, 0.1) is 5.82 Å². The molecule has 3 heterocycles. The number of imidazole rings is 2. The van der Waals surface area contributed by atoms with Crippen molar-refractivity contribution in [2.45, 2.75) is 50.9 Å². The van der Waals surface area contributed by atoms with Crippen LogP contribution in [0.5, 0.6) is 0 Å². The van der Waals surface area contributed by atoms with Crippen LogP contribution >= 0.6 is 0 Å². The molecule has 0 saturated carbocycles. The molecule has 1 fully saturated rings. The quantitative estimate of drug-likeness (QED) is 0.116. The van der Waals surface area contributed by atoms with E-state index in [2.05, 4.69) is 63.5 Å². The van der Waals surface area contributed by atoms with Crippen molar-refractivity contribution in [3.63, 3.8) is 0 Å². The second-order valence-corrected chi connectivity index (χ2v) is 15.2. The van der Waals surface area contributed by atoms with Gasteiger partial charge in [0.15, 0.2) is 0 Å². The molecule has 4 aromatic carbocycles. The number of carbonyl (C=O) groups excluding carboxylic acids is 2. The number of hydrogen-bond donors (Lipinski definition) is 2. The SMILES string of the molecule is CCCN(Cc1ncc(-c2ccc(-c3ccc(-c4cnc([C@@H]5CCCN5C(=O)[C@@H](c5ccccc5)N(C)C)[nH]4)cc3)cc2)[nH]1)C(=O)[C@@H](c1ccccc1F)N(C)C. The van der Waals surface area contributed by atoms with Gasteiger partial charge in [0.25, 0.3) is 0 Å². The van der Waals surface area contributed by atoms with E-state index in [1.807, 2.05) is 67.3 Å². The summed E-state index contributed by atoms with van der Waals surface area (Å²) in [5.74, 6) is 1.01. The monoisotopic (exact) mass is 766 g/mol. The molecule has 0 spiro atoms. The maximum Gasteiger partial charge on any atom is 0.245 e. The molecule has 1 saturated heterocycles. The van der Waals surface area contributed by atoms with E-state index in [-0.39, 0.29) is 30.4 Å². The zero-order valence-electron chi connectivity index (χ0n) is 33.3. The van der Waals surface area contributed by atoms with E-state index in [0.717, 1.165) is 64.3 Å². The summed E-state index contributed by atoms with van der Waals surface area (Å²) in [6.07, 6.45) is 6.22. The van der Waals surface area contributed by atoms with E-state index < -0.39 is 11.9 Å². The predicted molar refractivity (Wildman–Crippen MR) is 222 cm³/mol. The Balaban J connectivity index is 1.01. The fourth-order valence-electron chi connectivity index (χ4n) is 7.92. The number of halogens is 1. The van der Waals surface area contributed by atoms with E-state index in [4.69, 9.17) is 4.98 Å². The highest BCUT2D eigenvalue weighted by atomic mass is 19.1. The Morgan fingerprint density at radius 1 is 0.754 bits per heavy atom. The van der Waals surface area contributed by atoms with Crippen LogP contribution in [0.4, 0.5) is 4.39 Å². The van der Waals surface area contributed by atoms with Crippen LogP contribution in [0.1, 0.15) is 67.1 Å². The van der Waals surface area contributed by atoms with Crippen molar-refractivity contribution in [3.8, 4) is 33.6 Å². The number of hydrogen-bond acceptors (Lipinski definition) is 6. The van der Waals surface area contributed by atoms with Gasteiger partial charge in [0.2, 0.25) is 11.8 Å². The maximum atomic E-state index is 14.8. The van der Waals surface area contributed by atoms with Crippen LogP contribution in [0.3, 0.4) is 0 Å². The average molecular weight is 767 g/mol. The largest absolute Gasteiger partial charge is 0.341 e. The molecule has 0 bridgehead atoms. The van der Waals surface area contributed by atoms with Gasteiger partial charge in [-0.25, -0.2) is 14.4 Å². The Labute approximate surface area is 334 Å². The first-order chi connectivity index (χ1) is 27.6. The summed E-state index contributed by atoms with van der Waals surface area (Å²) in [4.78, 5) is 51.5. The van der Waals surface area contributed by atoms with E-state index >= 15 is 0 Å². The molecule has 57 heavy (non-hydrogen) atoms. The summed E-state index contributed by atoms with van der Waals surface area (Å²) in [6, 6.07) is 31.9. The summed E-state index contributed by atoms with van der Waals surface area (Å²) in [5, 5.41) is 0. The van der Waals surface area contributed by atoms with Crippen molar-refractivity contribution >= 4 is 11.8 Å². The molecular weight excluding hydrogens is 716 g/mol. The minimum Gasteiger partial charge on any atom is -0.341 e. The van der Waals surface area contributed by atoms with Crippen molar-refractivity contribution in [1.29, 1.82) is 0 Å². The van der Waals surface area contributed by atoms with Gasteiger partial charge in [-0.15, -0.1) is 0 Å². The fourth-order valence-corrected chi connectivity index (χ4v) is 7.92. The molecule has 6 aromatic rings. The third-order valence-corrected chi connectivity index (χ3v) is 10.8. The van der Waals surface area contributed by atoms with Gasteiger partial charge in [-0.2, -0.15) is 0 Å². The minimum atomic E-state index is -0.743. The number of benzene rings is 4. The third kappa shape index (κ3) is 8.60. The Morgan fingerprint density at radius 3 is 1.95 bits per heavy atom. The Hall–Kier alpha value is -5.91. The third-order valence-electron chi connectivity index (χ3n) is 10.8. The summed E-state index contributed by atoms with van der Waals surface area (Å²) in [7, 11) is 7.49. The Kier molecular flexibility index (Phi) is 12.1. The molecule has 2 aromatic heterocycles. The topological polar surface area (TPSA) is 104 Å². The maximum absolute atomic E-state index is 14.8. The number of amides is 2. The van der Waals surface area contributed by atoms with Crippen LogP contribution < -0.4 is 0 Å². The molecule has 2 N–H and O–H groups in total. The zero-order chi connectivity index (χ0) is 40.1. The van der Waals surface area contributed by atoms with Crippen molar-refractivity contribution in [1.82, 2.24) is 39.5 Å². The second kappa shape index (κ2) is 17.5. The molecule has 1 aliphatic rings. The van der Waals surface area contributed by atoms with Crippen LogP contribution in [0.15, 0.2) is 116 Å². The van der Waals surface area contributed by atoms with Gasteiger partial charge in [-0.3, -0.25) is 19.4 Å². The van der Waals surface area contributed by atoms with Gasteiger partial charge in [-0.05, 0) is 81.3 Å². The zero-order valence-corrected chi connectivity index (χ0v) is 33.3. The molecular formula is C46H51FN8O2. The molecule has 0 radical (unpaired) electrons. The van der Waals surface area contributed by atoms with Crippen LogP contribution in [0.2, 0.25) is 0 Å². The van der Waals surface area contributed by atoms with E-state index in [0.29, 0.717) is 24.5 Å². The van der Waals surface area contributed by atoms with Gasteiger partial charge in [0.05, 0.1) is 36.4 Å². The lowest BCUT2D eigenvalue weighted by molar-refractivity contribution is -0.138. The van der Waals surface area contributed by atoms with Gasteiger partial charge < -0.3 is 19.8 Å². The first-order valence-electron chi connectivity index (χ1n) is 19.6. The average Bonchev–Trinajstić information content (AvgIpc) is 4.01. The summed E-state index contributed by atoms with van der Waals surface area (Å²) in [6.45, 7) is 3.54. The number of aromatic nitrogens is 4. The summed E-state index contributed by atoms with van der Waals surface area (Å²) >= 11 is 0. The normalized spacial score (nSPS) is 15.3. The summed E-state index contributed by atoms with van der Waals surface area (Å²) < 4.78 is 14.8. The molecule has 0 aliphatic carbocycles. The summed E-state index contributed by atoms with van der Waals surface area (Å²) in [5.41, 5.74) is 7.26. The van der Waals surface area contributed by atoms with Gasteiger partial charge in [-0.1, -0.05) is 104 Å². The van der Waals surface area contributed by atoms with Crippen LogP contribution in [0.25, 0.3) is 33.6 Å². The van der Waals surface area contributed by atoms with E-state index in [1.54, 1.807) is 48.3 Å². The fraction of sp³-hybridized carbons (Fsp3) is 0.304. The number of nitrogens with one attached hydrogen (secondary N) is 2. The molecule has 294 valence electrons. The number of carbonyl (C=O) groups is 2. The van der Waals surface area contributed by atoms with Crippen molar-refractivity contribution in [2.24, 2.45) is 0 Å². The highest BCUT2D eigenvalue weighted by Crippen LogP contribution is 2.35. The smallest absolute Gasteiger partial charge is 0.245 e. The molecule has 11 heteroatoms. The molecule has 3 atom stereocenters. The number of H-pyrrole nitrogens is 2. The van der Waals surface area contributed by atoms with Crippen LogP contribution in [-0.2, 0) is 16.1 Å². The van der Waals surface area contributed by atoms with Crippen molar-refractivity contribution < 1.29 is 14.0 Å². The van der Waals surface area contributed by atoms with Gasteiger partial charge in [0, 0.05) is 18.7 Å². The number of nitrogens with zero attached hydrogens (tertiary/aromatic N) is 6. The number of likely N-dealkylation sites (N-methyl/N-ethyl adjacent to an activating group) is 2.